The molecule has 1 aromatic carbocycles. The van der Waals surface area contributed by atoms with Gasteiger partial charge in [-0.25, -0.2) is 12.7 Å². The van der Waals surface area contributed by atoms with E-state index in [9.17, 15) is 8.42 Å². The molecule has 0 aliphatic heterocycles. The Morgan fingerprint density at radius 1 is 1.30 bits per heavy atom. The third-order valence-electron chi connectivity index (χ3n) is 3.10. The summed E-state index contributed by atoms with van der Waals surface area (Å²) >= 11 is 0. The molecule has 0 aliphatic rings. The molecule has 0 bridgehead atoms. The van der Waals surface area contributed by atoms with Crippen molar-refractivity contribution < 1.29 is 8.42 Å². The minimum Gasteiger partial charge on any atom is -0.396 e. The van der Waals surface area contributed by atoms with Gasteiger partial charge in [-0.2, -0.15) is 0 Å². The van der Waals surface area contributed by atoms with E-state index < -0.39 is 10.0 Å². The lowest BCUT2D eigenvalue weighted by Crippen LogP contribution is -2.23. The van der Waals surface area contributed by atoms with Crippen LogP contribution in [0.25, 0.3) is 0 Å². The zero-order valence-corrected chi connectivity index (χ0v) is 13.5. The fourth-order valence-corrected chi connectivity index (χ4v) is 2.88. The summed E-state index contributed by atoms with van der Waals surface area (Å²) in [6, 6.07) is 5.04. The van der Waals surface area contributed by atoms with Crippen molar-refractivity contribution in [2.24, 2.45) is 5.92 Å². The summed E-state index contributed by atoms with van der Waals surface area (Å²) in [4.78, 5) is 0.149. The Bertz CT molecular complexity index is 539. The molecule has 0 heterocycles. The van der Waals surface area contributed by atoms with E-state index >= 15 is 0 Å². The lowest BCUT2D eigenvalue weighted by molar-refractivity contribution is 0.521. The van der Waals surface area contributed by atoms with Crippen LogP contribution in [0.1, 0.15) is 26.7 Å². The van der Waals surface area contributed by atoms with E-state index in [1.807, 2.05) is 0 Å². The normalized spacial score (nSPS) is 12.1. The van der Waals surface area contributed by atoms with Crippen molar-refractivity contribution >= 4 is 21.4 Å². The first-order chi connectivity index (χ1) is 9.26. The maximum Gasteiger partial charge on any atom is 0.244 e. The van der Waals surface area contributed by atoms with Gasteiger partial charge in [0.25, 0.3) is 0 Å². The van der Waals surface area contributed by atoms with Gasteiger partial charge >= 0.3 is 0 Å². The Kier molecular flexibility index (Phi) is 5.83. The first-order valence-corrected chi connectivity index (χ1v) is 8.25. The number of nitrogen functional groups attached to an aromatic ring is 1. The van der Waals surface area contributed by atoms with Gasteiger partial charge < -0.3 is 11.1 Å². The van der Waals surface area contributed by atoms with Crippen molar-refractivity contribution in [1.82, 2.24) is 4.31 Å². The average Bonchev–Trinajstić information content (AvgIpc) is 2.35. The van der Waals surface area contributed by atoms with E-state index in [0.29, 0.717) is 11.6 Å². The van der Waals surface area contributed by atoms with Crippen LogP contribution in [-0.4, -0.2) is 33.4 Å². The number of nitrogens with two attached hydrogens (primary N) is 1. The summed E-state index contributed by atoms with van der Waals surface area (Å²) < 4.78 is 25.5. The molecule has 0 saturated carbocycles. The van der Waals surface area contributed by atoms with Gasteiger partial charge in [-0.05, 0) is 30.9 Å². The van der Waals surface area contributed by atoms with Crippen LogP contribution < -0.4 is 11.1 Å². The number of sulfonamides is 1. The molecule has 1 aromatic rings. The van der Waals surface area contributed by atoms with Gasteiger partial charge in [0.2, 0.25) is 10.0 Å². The minimum atomic E-state index is -3.51. The summed E-state index contributed by atoms with van der Waals surface area (Å²) in [5.74, 6) is 0.662. The Morgan fingerprint density at radius 2 is 1.95 bits per heavy atom. The molecule has 3 N–H and O–H groups in total. The summed E-state index contributed by atoms with van der Waals surface area (Å²) in [6.45, 7) is 5.14. The molecule has 5 nitrogen and oxygen atoms in total. The highest BCUT2D eigenvalue weighted by Crippen LogP contribution is 2.28. The maximum absolute atomic E-state index is 12.1. The van der Waals surface area contributed by atoms with Crippen LogP contribution in [0.15, 0.2) is 23.1 Å². The molecule has 0 aliphatic carbocycles. The molecular weight excluding hydrogens is 274 g/mol. The van der Waals surface area contributed by atoms with E-state index in [1.54, 1.807) is 12.1 Å². The van der Waals surface area contributed by atoms with Crippen molar-refractivity contribution in [2.75, 3.05) is 31.7 Å². The number of anilines is 2. The number of hydrogen-bond donors (Lipinski definition) is 2. The second-order valence-corrected chi connectivity index (χ2v) is 7.59. The zero-order valence-electron chi connectivity index (χ0n) is 12.7. The Morgan fingerprint density at radius 3 is 2.50 bits per heavy atom. The van der Waals surface area contributed by atoms with Gasteiger partial charge in [0.1, 0.15) is 4.90 Å². The monoisotopic (exact) mass is 299 g/mol. The summed E-state index contributed by atoms with van der Waals surface area (Å²) in [5.41, 5.74) is 6.94. The third kappa shape index (κ3) is 4.11. The van der Waals surface area contributed by atoms with Crippen LogP contribution in [0, 0.1) is 5.92 Å². The smallest absolute Gasteiger partial charge is 0.244 e. The topological polar surface area (TPSA) is 75.4 Å². The Balaban J connectivity index is 2.86. The highest BCUT2D eigenvalue weighted by atomic mass is 32.2. The van der Waals surface area contributed by atoms with Gasteiger partial charge in [-0.3, -0.25) is 0 Å². The lowest BCUT2D eigenvalue weighted by atomic mass is 10.1. The van der Waals surface area contributed by atoms with E-state index in [2.05, 4.69) is 19.2 Å². The Labute approximate surface area is 122 Å². The molecular formula is C14H25N3O2S. The van der Waals surface area contributed by atoms with Gasteiger partial charge in [0.05, 0.1) is 11.4 Å². The molecule has 114 valence electrons. The average molecular weight is 299 g/mol. The summed E-state index contributed by atoms with van der Waals surface area (Å²) in [5, 5.41) is 3.21. The number of para-hydroxylation sites is 1. The fraction of sp³-hybridized carbons (Fsp3) is 0.571. The molecule has 20 heavy (non-hydrogen) atoms. The molecule has 0 spiro atoms. The number of nitrogens with zero attached hydrogens (tertiary/aromatic N) is 1. The molecule has 1 rings (SSSR count). The predicted molar refractivity (Wildman–Crippen MR) is 84.3 cm³/mol. The maximum atomic E-state index is 12.1. The van der Waals surface area contributed by atoms with Crippen molar-refractivity contribution in [3.8, 4) is 0 Å². The van der Waals surface area contributed by atoms with E-state index in [1.165, 1.54) is 24.5 Å². The molecule has 0 fully saturated rings. The van der Waals surface area contributed by atoms with Crippen LogP contribution >= 0.6 is 0 Å². The van der Waals surface area contributed by atoms with Crippen LogP contribution in [0.4, 0.5) is 11.4 Å². The zero-order chi connectivity index (χ0) is 15.3. The number of benzene rings is 1. The quantitative estimate of drug-likeness (QED) is 0.598. The largest absolute Gasteiger partial charge is 0.396 e. The van der Waals surface area contributed by atoms with Gasteiger partial charge in [-0.1, -0.05) is 19.9 Å². The minimum absolute atomic E-state index is 0.149. The van der Waals surface area contributed by atoms with Crippen LogP contribution in [0.2, 0.25) is 0 Å². The second-order valence-electron chi connectivity index (χ2n) is 5.47. The highest BCUT2D eigenvalue weighted by Gasteiger charge is 2.21. The van der Waals surface area contributed by atoms with Crippen molar-refractivity contribution in [2.45, 2.75) is 31.6 Å². The van der Waals surface area contributed by atoms with Crippen LogP contribution in [0.5, 0.6) is 0 Å². The van der Waals surface area contributed by atoms with Gasteiger partial charge in [0.15, 0.2) is 0 Å². The van der Waals surface area contributed by atoms with Crippen LogP contribution in [-0.2, 0) is 10.0 Å². The first kappa shape index (κ1) is 16.8. The van der Waals surface area contributed by atoms with Gasteiger partial charge in [0, 0.05) is 20.6 Å². The number of rotatable bonds is 7. The van der Waals surface area contributed by atoms with E-state index in [4.69, 9.17) is 5.73 Å². The van der Waals surface area contributed by atoms with Crippen molar-refractivity contribution in [3.05, 3.63) is 18.2 Å². The molecule has 0 aromatic heterocycles. The lowest BCUT2D eigenvalue weighted by Gasteiger charge is -2.16. The molecule has 6 heteroatoms. The number of nitrogens with one attached hydrogen (secondary N) is 1. The summed E-state index contributed by atoms with van der Waals surface area (Å²) in [7, 11) is -0.511. The van der Waals surface area contributed by atoms with Crippen molar-refractivity contribution in [1.29, 1.82) is 0 Å². The molecule has 0 unspecified atom stereocenters. The molecule has 0 atom stereocenters. The van der Waals surface area contributed by atoms with Gasteiger partial charge in [-0.15, -0.1) is 0 Å². The number of hydrogen-bond acceptors (Lipinski definition) is 4. The summed E-state index contributed by atoms with van der Waals surface area (Å²) in [6.07, 6.45) is 2.16. The highest BCUT2D eigenvalue weighted by molar-refractivity contribution is 7.89. The van der Waals surface area contributed by atoms with E-state index in [0.717, 1.165) is 19.4 Å². The molecule has 0 saturated heterocycles. The van der Waals surface area contributed by atoms with E-state index in [-0.39, 0.29) is 10.6 Å². The first-order valence-electron chi connectivity index (χ1n) is 6.81. The fourth-order valence-electron chi connectivity index (χ4n) is 1.85. The molecule has 0 radical (unpaired) electrons. The third-order valence-corrected chi connectivity index (χ3v) is 4.97. The Hall–Kier alpha value is -1.27. The second kappa shape index (κ2) is 6.95. The SMILES string of the molecule is CC(C)CCCNc1cccc(S(=O)(=O)N(C)C)c1N. The van der Waals surface area contributed by atoms with Crippen molar-refractivity contribution in [3.63, 3.8) is 0 Å². The standard InChI is InChI=1S/C14H25N3O2S/c1-11(2)7-6-10-16-12-8-5-9-13(14(12)15)20(18,19)17(3)4/h5,8-9,11,16H,6-7,10,15H2,1-4H3. The van der Waals surface area contributed by atoms with Crippen LogP contribution in [0.3, 0.4) is 0 Å². The molecule has 0 amide bonds. The predicted octanol–water partition coefficient (Wildman–Crippen LogP) is 2.37.